The first-order valence-electron chi connectivity index (χ1n) is 9.16. The standard InChI is InChI=1S/C19H36B/c1-5-6-8-11-16(2)17(3)14-15-18(4)20-19-12-9-7-10-13-19/h16,18-19H,3,5-15H2,1-2,4H3. The minimum atomic E-state index is 0.725. The molecule has 0 aliphatic heterocycles. The molecule has 0 nitrogen and oxygen atoms in total. The molecule has 1 fully saturated rings. The largest absolute Gasteiger partial charge is 0.117 e. The van der Waals surface area contributed by atoms with E-state index in [1.165, 1.54) is 76.2 Å². The van der Waals surface area contributed by atoms with Crippen molar-refractivity contribution in [2.75, 3.05) is 0 Å². The van der Waals surface area contributed by atoms with Gasteiger partial charge in [0.15, 0.2) is 0 Å². The molecule has 1 aliphatic carbocycles. The molecule has 1 rings (SSSR count). The Kier molecular flexibility index (Phi) is 9.39. The highest BCUT2D eigenvalue weighted by atomic mass is 14.1. The van der Waals surface area contributed by atoms with E-state index >= 15 is 0 Å². The van der Waals surface area contributed by atoms with Gasteiger partial charge in [-0.3, -0.25) is 0 Å². The van der Waals surface area contributed by atoms with Gasteiger partial charge in [-0.15, -0.1) is 0 Å². The molecule has 0 aromatic rings. The van der Waals surface area contributed by atoms with Crippen molar-refractivity contribution in [3.05, 3.63) is 12.2 Å². The van der Waals surface area contributed by atoms with Crippen molar-refractivity contribution in [1.29, 1.82) is 0 Å². The fourth-order valence-electron chi connectivity index (χ4n) is 3.45. The Balaban J connectivity index is 2.12. The fraction of sp³-hybridized carbons (Fsp3) is 0.895. The molecule has 115 valence electrons. The van der Waals surface area contributed by atoms with Crippen LogP contribution >= 0.6 is 0 Å². The van der Waals surface area contributed by atoms with Gasteiger partial charge in [-0.1, -0.05) is 102 Å². The Bertz CT molecular complexity index is 252. The summed E-state index contributed by atoms with van der Waals surface area (Å²) in [5.74, 6) is 2.41. The van der Waals surface area contributed by atoms with Crippen molar-refractivity contribution in [3.63, 3.8) is 0 Å². The Labute approximate surface area is 129 Å². The van der Waals surface area contributed by atoms with Crippen LogP contribution in [0, 0.1) is 5.92 Å². The minimum absolute atomic E-state index is 0.725. The molecule has 1 radical (unpaired) electrons. The maximum Gasteiger partial charge on any atom is 0.117 e. The molecular weight excluding hydrogens is 239 g/mol. The highest BCUT2D eigenvalue weighted by Gasteiger charge is 2.18. The molecule has 1 heteroatoms. The maximum absolute atomic E-state index is 4.34. The van der Waals surface area contributed by atoms with Crippen LogP contribution in [0.2, 0.25) is 11.6 Å². The lowest BCUT2D eigenvalue weighted by Crippen LogP contribution is -2.13. The second-order valence-electron chi connectivity index (χ2n) is 7.16. The van der Waals surface area contributed by atoms with Crippen LogP contribution in [0.3, 0.4) is 0 Å². The van der Waals surface area contributed by atoms with Crippen LogP contribution in [0.15, 0.2) is 12.2 Å². The SMILES string of the molecule is C=C(CCC(C)[B]C1CCCCC1)C(C)CCCCC. The summed E-state index contributed by atoms with van der Waals surface area (Å²) in [6.45, 7) is 11.4. The zero-order valence-electron chi connectivity index (χ0n) is 14.3. The molecule has 0 N–H and O–H groups in total. The third-order valence-corrected chi connectivity index (χ3v) is 5.11. The summed E-state index contributed by atoms with van der Waals surface area (Å²) >= 11 is 0. The van der Waals surface area contributed by atoms with Crippen molar-refractivity contribution in [2.24, 2.45) is 5.92 Å². The third kappa shape index (κ3) is 7.55. The molecule has 1 aliphatic rings. The number of rotatable bonds is 10. The summed E-state index contributed by atoms with van der Waals surface area (Å²) in [5.41, 5.74) is 1.49. The summed E-state index contributed by atoms with van der Waals surface area (Å²) < 4.78 is 0. The summed E-state index contributed by atoms with van der Waals surface area (Å²) in [4.78, 5) is 0. The minimum Gasteiger partial charge on any atom is -0.0996 e. The van der Waals surface area contributed by atoms with Gasteiger partial charge in [-0.25, -0.2) is 0 Å². The molecule has 0 heterocycles. The van der Waals surface area contributed by atoms with Gasteiger partial charge >= 0.3 is 0 Å². The number of hydrogen-bond donors (Lipinski definition) is 0. The number of hydrogen-bond acceptors (Lipinski definition) is 0. The molecule has 1 saturated carbocycles. The van der Waals surface area contributed by atoms with Crippen molar-refractivity contribution in [1.82, 2.24) is 0 Å². The van der Waals surface area contributed by atoms with E-state index in [9.17, 15) is 0 Å². The van der Waals surface area contributed by atoms with Crippen LogP contribution in [-0.4, -0.2) is 7.28 Å². The van der Waals surface area contributed by atoms with E-state index in [1.807, 2.05) is 0 Å². The monoisotopic (exact) mass is 275 g/mol. The quantitative estimate of drug-likeness (QED) is 0.233. The second-order valence-corrected chi connectivity index (χ2v) is 7.16. The first-order valence-corrected chi connectivity index (χ1v) is 9.16. The van der Waals surface area contributed by atoms with E-state index in [4.69, 9.17) is 0 Å². The summed E-state index contributed by atoms with van der Waals surface area (Å²) in [5, 5.41) is 0. The predicted molar refractivity (Wildman–Crippen MR) is 93.7 cm³/mol. The lowest BCUT2D eigenvalue weighted by Gasteiger charge is -2.24. The Morgan fingerprint density at radius 3 is 2.45 bits per heavy atom. The van der Waals surface area contributed by atoms with E-state index in [0.717, 1.165) is 17.6 Å². The van der Waals surface area contributed by atoms with Crippen LogP contribution in [-0.2, 0) is 0 Å². The Morgan fingerprint density at radius 2 is 1.80 bits per heavy atom. The molecule has 0 aromatic carbocycles. The Hall–Kier alpha value is -0.195. The van der Waals surface area contributed by atoms with Gasteiger partial charge in [-0.05, 0) is 18.8 Å². The van der Waals surface area contributed by atoms with Gasteiger partial charge in [0.1, 0.15) is 7.28 Å². The van der Waals surface area contributed by atoms with Gasteiger partial charge in [-0.2, -0.15) is 0 Å². The molecule has 0 amide bonds. The van der Waals surface area contributed by atoms with Gasteiger partial charge in [0.2, 0.25) is 0 Å². The van der Waals surface area contributed by atoms with E-state index in [0.29, 0.717) is 0 Å². The first kappa shape index (κ1) is 17.9. The second kappa shape index (κ2) is 10.5. The summed E-state index contributed by atoms with van der Waals surface area (Å²) in [6, 6.07) is 0. The zero-order valence-corrected chi connectivity index (χ0v) is 14.3. The van der Waals surface area contributed by atoms with E-state index < -0.39 is 0 Å². The normalized spacial score (nSPS) is 19.6. The molecule has 2 unspecified atom stereocenters. The molecule has 2 atom stereocenters. The van der Waals surface area contributed by atoms with E-state index in [2.05, 4.69) is 34.6 Å². The Morgan fingerprint density at radius 1 is 1.10 bits per heavy atom. The smallest absolute Gasteiger partial charge is 0.0996 e. The molecule has 20 heavy (non-hydrogen) atoms. The van der Waals surface area contributed by atoms with Gasteiger partial charge < -0.3 is 0 Å². The fourth-order valence-corrected chi connectivity index (χ4v) is 3.45. The van der Waals surface area contributed by atoms with E-state index in [1.54, 1.807) is 0 Å². The summed E-state index contributed by atoms with van der Waals surface area (Å²) in [7, 11) is 2.65. The highest BCUT2D eigenvalue weighted by molar-refractivity contribution is 6.39. The average molecular weight is 275 g/mol. The molecule has 0 bridgehead atoms. The summed E-state index contributed by atoms with van der Waals surface area (Å²) in [6.07, 6.45) is 15.2. The number of allylic oxidation sites excluding steroid dienone is 1. The first-order chi connectivity index (χ1) is 9.63. The van der Waals surface area contributed by atoms with Crippen LogP contribution in [0.4, 0.5) is 0 Å². The topological polar surface area (TPSA) is 0 Å². The lowest BCUT2D eigenvalue weighted by atomic mass is 9.51. The highest BCUT2D eigenvalue weighted by Crippen LogP contribution is 2.32. The number of unbranched alkanes of at least 4 members (excludes halogenated alkanes) is 2. The van der Waals surface area contributed by atoms with Gasteiger partial charge in [0, 0.05) is 0 Å². The van der Waals surface area contributed by atoms with Gasteiger partial charge in [0.05, 0.1) is 0 Å². The molecule has 0 saturated heterocycles. The molecule has 0 spiro atoms. The maximum atomic E-state index is 4.34. The molecular formula is C19H36B. The van der Waals surface area contributed by atoms with Crippen molar-refractivity contribution < 1.29 is 0 Å². The third-order valence-electron chi connectivity index (χ3n) is 5.11. The van der Waals surface area contributed by atoms with Gasteiger partial charge in [0.25, 0.3) is 0 Å². The van der Waals surface area contributed by atoms with Crippen LogP contribution < -0.4 is 0 Å². The van der Waals surface area contributed by atoms with E-state index in [-0.39, 0.29) is 0 Å². The van der Waals surface area contributed by atoms with Crippen molar-refractivity contribution in [3.8, 4) is 0 Å². The van der Waals surface area contributed by atoms with Crippen molar-refractivity contribution in [2.45, 2.75) is 103 Å². The lowest BCUT2D eigenvalue weighted by molar-refractivity contribution is 0.495. The van der Waals surface area contributed by atoms with Crippen LogP contribution in [0.5, 0.6) is 0 Å². The van der Waals surface area contributed by atoms with Crippen molar-refractivity contribution >= 4 is 7.28 Å². The zero-order chi connectivity index (χ0) is 14.8. The van der Waals surface area contributed by atoms with Crippen LogP contribution in [0.1, 0.15) is 91.4 Å². The predicted octanol–water partition coefficient (Wildman–Crippen LogP) is 6.80. The molecule has 0 aromatic heterocycles. The van der Waals surface area contributed by atoms with Crippen LogP contribution in [0.25, 0.3) is 0 Å². The average Bonchev–Trinajstić information content (AvgIpc) is 2.46.